The number of nitrogens with one attached hydrogen (secondary N) is 7. The summed E-state index contributed by atoms with van der Waals surface area (Å²) < 4.78 is 60.0. The minimum Gasteiger partial charge on any atom is -0.506 e. The molecule has 37 heteroatoms. The van der Waals surface area contributed by atoms with Gasteiger partial charge in [0.25, 0.3) is 17.7 Å². The first kappa shape index (κ1) is 102. The fourth-order valence-electron chi connectivity index (χ4n) is 11.3. The number of carbonyl (C=O) groups excluding carboxylic acids is 12. The van der Waals surface area contributed by atoms with Gasteiger partial charge < -0.3 is 105 Å². The van der Waals surface area contributed by atoms with Crippen molar-refractivity contribution in [1.82, 2.24) is 51.6 Å². The number of benzene rings is 1. The Morgan fingerprint density at radius 3 is 1.67 bits per heavy atom. The van der Waals surface area contributed by atoms with Crippen LogP contribution in [0.5, 0.6) is 5.75 Å². The number of phenolic OH excluding ortho intramolecular Hbond substituents is 1. The van der Waals surface area contributed by atoms with Gasteiger partial charge >= 0.3 is 5.97 Å². The van der Waals surface area contributed by atoms with E-state index < -0.39 is 113 Å². The average Bonchev–Trinajstić information content (AvgIpc) is 1.32. The predicted molar refractivity (Wildman–Crippen MR) is 429 cm³/mol. The van der Waals surface area contributed by atoms with Crippen LogP contribution in [0.15, 0.2) is 35.7 Å². The number of aromatic hydroxyl groups is 1. The quantitative estimate of drug-likeness (QED) is 0.0199. The molecule has 0 saturated carbocycles. The zero-order chi connectivity index (χ0) is 86.1. The largest absolute Gasteiger partial charge is 0.506 e. The van der Waals surface area contributed by atoms with Gasteiger partial charge in [0.1, 0.15) is 47.2 Å². The lowest BCUT2D eigenvalue weighted by Crippen LogP contribution is -2.60. The van der Waals surface area contributed by atoms with E-state index in [2.05, 4.69) is 42.2 Å². The van der Waals surface area contributed by atoms with Gasteiger partial charge in [-0.2, -0.15) is 0 Å². The smallest absolute Gasteiger partial charge is 0.303 e. The normalized spacial score (nSPS) is 14.3. The summed E-state index contributed by atoms with van der Waals surface area (Å²) in [6.07, 6.45) is 2.56. The van der Waals surface area contributed by atoms with E-state index in [-0.39, 0.29) is 124 Å². The lowest BCUT2D eigenvalue weighted by Gasteiger charge is -2.38. The number of esters is 1. The Labute approximate surface area is 686 Å². The second-order valence-corrected chi connectivity index (χ2v) is 30.2. The summed E-state index contributed by atoms with van der Waals surface area (Å²) in [7, 11) is 6.82. The van der Waals surface area contributed by atoms with Gasteiger partial charge in [0, 0.05) is 83.0 Å². The standard InChI is InChI=1S/C79H130N12O24S/c1-15-54(6)71(88-78(104)79(9,10)89(11)12)77(103)90(13)62(52(2)3)49-64(115-56(8)92)76-86-61(51-116-76)74(101)83-58(22-24-65(80)94)47-57-21-23-63(93)60(48-57)85-72(99)55(7)82-75(102)70(53(4)5)87-73(100)59(84-66(95)20-18-28-91-68(97)25-26-69(91)98)19-16-17-27-81-67(96)50-114-46-45-113-44-43-112-42-41-111-40-39-110-38-37-109-36-35-108-34-33-107-32-31-106-30-29-105-14/h21,23,25-26,48,51-55,58-59,62,64,70-71,93H,15-20,22,24,27-47,49-50H2,1-14H3,(H2,80,94)(H,81,96)(H,82,102)(H,83,101)(H,84,95)(H,85,99)(H,87,100)(H,88,104)/t54-,55-,58+,59-,62+,64+,70-,71-/m0/s1. The van der Waals surface area contributed by atoms with Gasteiger partial charge in [-0.25, -0.2) is 4.98 Å². The number of carbonyl (C=O) groups is 12. The lowest BCUT2D eigenvalue weighted by atomic mass is 9.92. The number of likely N-dealkylation sites (N-methyl/N-ethyl adjacent to an activating group) is 2. The molecule has 0 fully saturated rings. The fraction of sp³-hybridized carbons (Fsp3) is 0.709. The van der Waals surface area contributed by atoms with E-state index in [1.54, 1.807) is 71.8 Å². The minimum absolute atomic E-state index is 0.0407. The number of hydrogen-bond acceptors (Lipinski definition) is 27. The van der Waals surface area contributed by atoms with E-state index in [0.29, 0.717) is 131 Å². The number of rotatable bonds is 65. The zero-order valence-corrected chi connectivity index (χ0v) is 71.1. The molecule has 3 rings (SSSR count). The molecule has 8 atom stereocenters. The van der Waals surface area contributed by atoms with Gasteiger partial charge in [-0.15, -0.1) is 11.3 Å². The highest BCUT2D eigenvalue weighted by Crippen LogP contribution is 2.32. The Balaban J connectivity index is 1.54. The molecule has 0 unspecified atom stereocenters. The first-order chi connectivity index (χ1) is 55.2. The summed E-state index contributed by atoms with van der Waals surface area (Å²) in [5.41, 5.74) is 5.02. The van der Waals surface area contributed by atoms with Crippen molar-refractivity contribution in [2.45, 2.75) is 181 Å². The van der Waals surface area contributed by atoms with Gasteiger partial charge in [0.15, 0.2) is 6.10 Å². The highest BCUT2D eigenvalue weighted by Gasteiger charge is 2.40. The number of thiazole rings is 1. The summed E-state index contributed by atoms with van der Waals surface area (Å²) in [6.45, 7) is 24.4. The fourth-order valence-corrected chi connectivity index (χ4v) is 12.2. The third-order valence-electron chi connectivity index (χ3n) is 18.9. The van der Waals surface area contributed by atoms with E-state index in [0.717, 1.165) is 28.4 Å². The van der Waals surface area contributed by atoms with Gasteiger partial charge in [-0.1, -0.05) is 54.0 Å². The number of aromatic nitrogens is 1. The predicted octanol–water partition coefficient (Wildman–Crippen LogP) is 2.66. The average molecular weight is 1660 g/mol. The molecular weight excluding hydrogens is 1530 g/mol. The minimum atomic E-state index is -1.28. The van der Waals surface area contributed by atoms with Crippen LogP contribution in [0.25, 0.3) is 0 Å². The molecule has 2 heterocycles. The molecule has 1 aromatic heterocycles. The van der Waals surface area contributed by atoms with Crippen LogP contribution < -0.4 is 43.0 Å². The molecule has 0 bridgehead atoms. The summed E-state index contributed by atoms with van der Waals surface area (Å²) in [6, 6.07) is -1.60. The molecule has 2 aromatic rings. The second kappa shape index (κ2) is 57.0. The Morgan fingerprint density at radius 2 is 1.17 bits per heavy atom. The molecule has 1 aliphatic heterocycles. The van der Waals surface area contributed by atoms with Crippen LogP contribution in [0.3, 0.4) is 0 Å². The number of primary amides is 1. The van der Waals surface area contributed by atoms with Crippen LogP contribution in [0.4, 0.5) is 5.69 Å². The van der Waals surface area contributed by atoms with Crippen LogP contribution in [0, 0.1) is 17.8 Å². The third-order valence-corrected chi connectivity index (χ3v) is 19.9. The van der Waals surface area contributed by atoms with E-state index in [9.17, 15) is 62.6 Å². The molecule has 1 aliphatic rings. The van der Waals surface area contributed by atoms with Crippen molar-refractivity contribution < 1.29 is 115 Å². The van der Waals surface area contributed by atoms with Crippen LogP contribution in [0.1, 0.15) is 154 Å². The number of imide groups is 1. The maximum absolute atomic E-state index is 14.4. The highest BCUT2D eigenvalue weighted by molar-refractivity contribution is 7.09. The molecule has 0 spiro atoms. The first-order valence-electron chi connectivity index (χ1n) is 39.7. The molecule has 36 nitrogen and oxygen atoms in total. The second-order valence-electron chi connectivity index (χ2n) is 29.3. The maximum Gasteiger partial charge on any atom is 0.303 e. The van der Waals surface area contributed by atoms with Crippen LogP contribution >= 0.6 is 11.3 Å². The molecule has 0 aliphatic carbocycles. The number of phenols is 1. The van der Waals surface area contributed by atoms with Crippen molar-refractivity contribution in [3.8, 4) is 5.75 Å². The molecule has 10 N–H and O–H groups in total. The number of unbranched alkanes of at least 4 members (excludes halogenated alkanes) is 1. The molecular formula is C79H130N12O24S. The number of amides is 11. The number of ether oxygens (including phenoxy) is 11. The molecule has 11 amide bonds. The Kier molecular flexibility index (Phi) is 50.1. The number of methoxy groups -OCH3 is 1. The third kappa shape index (κ3) is 40.3. The monoisotopic (exact) mass is 1660 g/mol. The maximum atomic E-state index is 14.4. The van der Waals surface area contributed by atoms with Crippen molar-refractivity contribution >= 4 is 88.0 Å². The van der Waals surface area contributed by atoms with Gasteiger partial charge in [-0.3, -0.25) is 67.3 Å². The van der Waals surface area contributed by atoms with E-state index in [1.807, 2.05) is 27.7 Å². The Hall–Kier alpha value is -8.21. The van der Waals surface area contributed by atoms with Crippen LogP contribution in [-0.2, 0) is 111 Å². The molecule has 0 saturated heterocycles. The lowest BCUT2D eigenvalue weighted by molar-refractivity contribution is -0.149. The van der Waals surface area contributed by atoms with Crippen LogP contribution in [-0.4, -0.2) is 304 Å². The van der Waals surface area contributed by atoms with Crippen molar-refractivity contribution in [3.05, 3.63) is 52.0 Å². The molecule has 116 heavy (non-hydrogen) atoms. The highest BCUT2D eigenvalue weighted by atomic mass is 32.1. The Morgan fingerprint density at radius 1 is 0.629 bits per heavy atom. The van der Waals surface area contributed by atoms with E-state index >= 15 is 0 Å². The van der Waals surface area contributed by atoms with Gasteiger partial charge in [-0.05, 0) is 109 Å². The van der Waals surface area contributed by atoms with Crippen molar-refractivity contribution in [3.63, 3.8) is 0 Å². The van der Waals surface area contributed by atoms with E-state index in [1.165, 1.54) is 31.4 Å². The van der Waals surface area contributed by atoms with Crippen molar-refractivity contribution in [2.24, 2.45) is 23.5 Å². The zero-order valence-electron chi connectivity index (χ0n) is 70.3. The van der Waals surface area contributed by atoms with E-state index in [4.69, 9.17) is 57.8 Å². The number of hydrogen-bond donors (Lipinski definition) is 9. The van der Waals surface area contributed by atoms with Crippen molar-refractivity contribution in [1.29, 1.82) is 0 Å². The summed E-state index contributed by atoms with van der Waals surface area (Å²) in [4.78, 5) is 168. The van der Waals surface area contributed by atoms with Gasteiger partial charge in [0.2, 0.25) is 47.3 Å². The SMILES string of the molecule is CC[C@H](C)[C@H](NC(=O)C(C)(C)N(C)C)C(=O)N(C)[C@H](C[C@@H](OC(C)=O)c1nc(C(=O)N[C@H](CCC(N)=O)Cc2ccc(O)c(NC(=O)[C@H](C)NC(=O)[C@@H](NC(=O)[C@H](CCCCNC(=O)COCCOCCOCCOCCOCCOCCOCCOCCOCCOC)NC(=O)CCCN3C(=O)C=CC3=O)C(C)C)c2)cs1)C(C)C. The van der Waals surface area contributed by atoms with Crippen molar-refractivity contribution in [2.75, 3.05) is 172 Å². The number of nitrogens with zero attached hydrogens (tertiary/aromatic N) is 4. The summed E-state index contributed by atoms with van der Waals surface area (Å²) in [5, 5.41) is 32.1. The Bertz CT molecular complexity index is 3360. The summed E-state index contributed by atoms with van der Waals surface area (Å²) >= 11 is 1.06. The molecule has 0 radical (unpaired) electrons. The summed E-state index contributed by atoms with van der Waals surface area (Å²) in [5.74, 6) is -8.18. The van der Waals surface area contributed by atoms with Crippen LogP contribution in [0.2, 0.25) is 0 Å². The first-order valence-corrected chi connectivity index (χ1v) is 40.6. The molecule has 656 valence electrons. The topological polar surface area (TPSA) is 459 Å². The number of nitrogens with two attached hydrogens (primary N) is 1. The molecule has 1 aromatic carbocycles. The van der Waals surface area contributed by atoms with Gasteiger partial charge in [0.05, 0.1) is 130 Å². The number of anilines is 1.